The summed E-state index contributed by atoms with van der Waals surface area (Å²) in [5, 5.41) is 0. The predicted octanol–water partition coefficient (Wildman–Crippen LogP) is 2.19. The predicted molar refractivity (Wildman–Crippen MR) is 46.9 cm³/mol. The van der Waals surface area contributed by atoms with Crippen LogP contribution in [0.1, 0.15) is 27.2 Å². The van der Waals surface area contributed by atoms with Gasteiger partial charge in [-0.15, -0.1) is 0 Å². The summed E-state index contributed by atoms with van der Waals surface area (Å²) < 4.78 is 0. The molecule has 0 aromatic heterocycles. The van der Waals surface area contributed by atoms with Crippen LogP contribution >= 0.6 is 0 Å². The Morgan fingerprint density at radius 3 is 2.00 bits per heavy atom. The Bertz CT molecular complexity index is 79.2. The summed E-state index contributed by atoms with van der Waals surface area (Å²) in [4.78, 5) is 2.21. The van der Waals surface area contributed by atoms with Crippen molar-refractivity contribution in [3.8, 4) is 0 Å². The third-order valence-electron chi connectivity index (χ3n) is 1.33. The smallest absolute Gasteiger partial charge is 0.00219 e. The first-order valence-corrected chi connectivity index (χ1v) is 3.91. The van der Waals surface area contributed by atoms with Crippen LogP contribution in [-0.2, 0) is 0 Å². The lowest BCUT2D eigenvalue weighted by Crippen LogP contribution is -2.16. The summed E-state index contributed by atoms with van der Waals surface area (Å²) in [5.74, 6) is 0. The maximum Gasteiger partial charge on any atom is -0.00219 e. The minimum Gasteiger partial charge on any atom is -0.309 e. The molecule has 0 saturated carbocycles. The van der Waals surface area contributed by atoms with Crippen molar-refractivity contribution in [3.05, 3.63) is 6.42 Å². The maximum absolute atomic E-state index is 2.37. The first-order valence-electron chi connectivity index (χ1n) is 3.91. The lowest BCUT2D eigenvalue weighted by Gasteiger charge is -2.18. The van der Waals surface area contributed by atoms with Crippen molar-refractivity contribution in [3.63, 3.8) is 0 Å². The molecule has 0 spiro atoms. The average molecular weight is 142 g/mol. The van der Waals surface area contributed by atoms with Crippen LogP contribution in [0.4, 0.5) is 0 Å². The van der Waals surface area contributed by atoms with E-state index >= 15 is 0 Å². The van der Waals surface area contributed by atoms with Gasteiger partial charge in [0.25, 0.3) is 0 Å². The maximum atomic E-state index is 2.37. The highest BCUT2D eigenvalue weighted by Crippen LogP contribution is 2.18. The Balaban J connectivity index is 3.21. The summed E-state index contributed by atoms with van der Waals surface area (Å²) in [5.41, 5.74) is 0.385. The second-order valence-corrected chi connectivity index (χ2v) is 4.16. The van der Waals surface area contributed by atoms with Gasteiger partial charge in [0, 0.05) is 0 Å². The summed E-state index contributed by atoms with van der Waals surface area (Å²) >= 11 is 0. The molecule has 0 atom stereocenters. The van der Waals surface area contributed by atoms with E-state index < -0.39 is 0 Å². The number of rotatable bonds is 3. The van der Waals surface area contributed by atoms with E-state index in [0.29, 0.717) is 5.41 Å². The van der Waals surface area contributed by atoms with Crippen molar-refractivity contribution in [1.29, 1.82) is 0 Å². The second-order valence-electron chi connectivity index (χ2n) is 4.16. The molecule has 0 aliphatic heterocycles. The van der Waals surface area contributed by atoms with Crippen LogP contribution in [0.25, 0.3) is 0 Å². The van der Waals surface area contributed by atoms with E-state index in [9.17, 15) is 0 Å². The topological polar surface area (TPSA) is 3.24 Å². The van der Waals surface area contributed by atoms with Crippen LogP contribution < -0.4 is 0 Å². The molecule has 0 heterocycles. The van der Waals surface area contributed by atoms with Gasteiger partial charge < -0.3 is 4.90 Å². The van der Waals surface area contributed by atoms with E-state index in [1.165, 1.54) is 6.42 Å². The van der Waals surface area contributed by atoms with Crippen molar-refractivity contribution in [2.24, 2.45) is 5.41 Å². The molecule has 0 bridgehead atoms. The lowest BCUT2D eigenvalue weighted by molar-refractivity contribution is 0.383. The molecule has 0 rings (SSSR count). The van der Waals surface area contributed by atoms with Gasteiger partial charge in [-0.05, 0) is 38.9 Å². The first kappa shape index (κ1) is 9.96. The SMILES string of the molecule is CN(C)CC[CH]C(C)(C)C. The quantitative estimate of drug-likeness (QED) is 0.584. The number of hydrogen-bond acceptors (Lipinski definition) is 1. The fraction of sp³-hybridized carbons (Fsp3) is 0.889. The molecule has 0 aliphatic carbocycles. The molecule has 1 heteroatoms. The van der Waals surface area contributed by atoms with Crippen molar-refractivity contribution in [1.82, 2.24) is 4.90 Å². The van der Waals surface area contributed by atoms with Crippen LogP contribution in [0, 0.1) is 11.8 Å². The van der Waals surface area contributed by atoms with Gasteiger partial charge >= 0.3 is 0 Å². The van der Waals surface area contributed by atoms with E-state index in [0.717, 1.165) is 6.54 Å². The van der Waals surface area contributed by atoms with Crippen LogP contribution in [-0.4, -0.2) is 25.5 Å². The Morgan fingerprint density at radius 2 is 1.70 bits per heavy atom. The van der Waals surface area contributed by atoms with Crippen molar-refractivity contribution >= 4 is 0 Å². The van der Waals surface area contributed by atoms with Gasteiger partial charge in [-0.25, -0.2) is 0 Å². The minimum absolute atomic E-state index is 0.385. The Kier molecular flexibility index (Phi) is 3.95. The van der Waals surface area contributed by atoms with Gasteiger partial charge in [0.05, 0.1) is 0 Å². The summed E-state index contributed by atoms with van der Waals surface area (Å²) in [6.45, 7) is 7.88. The average Bonchev–Trinajstić information content (AvgIpc) is 1.59. The van der Waals surface area contributed by atoms with E-state index in [1.807, 2.05) is 0 Å². The summed E-state index contributed by atoms with van der Waals surface area (Å²) in [7, 11) is 4.22. The van der Waals surface area contributed by atoms with Gasteiger partial charge in [0.1, 0.15) is 0 Å². The van der Waals surface area contributed by atoms with Gasteiger partial charge in [-0.3, -0.25) is 0 Å². The van der Waals surface area contributed by atoms with Gasteiger partial charge in [0.2, 0.25) is 0 Å². The lowest BCUT2D eigenvalue weighted by atomic mass is 9.90. The molecule has 0 aromatic carbocycles. The number of hydrogen-bond donors (Lipinski definition) is 0. The third kappa shape index (κ3) is 7.96. The fourth-order valence-corrected chi connectivity index (χ4v) is 0.756. The highest BCUT2D eigenvalue weighted by Gasteiger charge is 2.09. The summed E-state index contributed by atoms with van der Waals surface area (Å²) in [6.07, 6.45) is 3.56. The monoisotopic (exact) mass is 142 g/mol. The normalized spacial score (nSPS) is 12.6. The minimum atomic E-state index is 0.385. The molecule has 0 fully saturated rings. The largest absolute Gasteiger partial charge is 0.309 e. The molecule has 0 aliphatic rings. The fourth-order valence-electron chi connectivity index (χ4n) is 0.756. The molecule has 0 saturated heterocycles. The Morgan fingerprint density at radius 1 is 1.20 bits per heavy atom. The van der Waals surface area contributed by atoms with Crippen molar-refractivity contribution < 1.29 is 0 Å². The molecular formula is C9H20N. The van der Waals surface area contributed by atoms with Gasteiger partial charge in [-0.1, -0.05) is 20.8 Å². The van der Waals surface area contributed by atoms with Gasteiger partial charge in [0.15, 0.2) is 0 Å². The Hall–Kier alpha value is -0.0400. The van der Waals surface area contributed by atoms with Crippen molar-refractivity contribution in [2.45, 2.75) is 27.2 Å². The number of nitrogens with zero attached hydrogens (tertiary/aromatic N) is 1. The van der Waals surface area contributed by atoms with Crippen LogP contribution in [0.15, 0.2) is 0 Å². The zero-order valence-electron chi connectivity index (χ0n) is 7.94. The van der Waals surface area contributed by atoms with E-state index in [2.05, 4.69) is 46.2 Å². The molecule has 1 radical (unpaired) electrons. The molecule has 0 aromatic rings. The molecule has 10 heavy (non-hydrogen) atoms. The van der Waals surface area contributed by atoms with Gasteiger partial charge in [-0.2, -0.15) is 0 Å². The van der Waals surface area contributed by atoms with E-state index in [4.69, 9.17) is 0 Å². The zero-order chi connectivity index (χ0) is 8.20. The molecule has 0 amide bonds. The van der Waals surface area contributed by atoms with E-state index in [1.54, 1.807) is 0 Å². The first-order chi connectivity index (χ1) is 4.42. The Labute approximate surface area is 65.4 Å². The molecular weight excluding hydrogens is 122 g/mol. The van der Waals surface area contributed by atoms with Crippen LogP contribution in [0.5, 0.6) is 0 Å². The molecule has 0 N–H and O–H groups in total. The molecule has 0 unspecified atom stereocenters. The highest BCUT2D eigenvalue weighted by molar-refractivity contribution is 4.80. The standard InChI is InChI=1S/C9H20N/c1-9(2,3)7-6-8-10(4)5/h7H,6,8H2,1-5H3. The highest BCUT2D eigenvalue weighted by atomic mass is 15.0. The van der Waals surface area contributed by atoms with Crippen LogP contribution in [0.3, 0.4) is 0 Å². The second kappa shape index (κ2) is 3.97. The zero-order valence-corrected chi connectivity index (χ0v) is 7.94. The van der Waals surface area contributed by atoms with Crippen molar-refractivity contribution in [2.75, 3.05) is 20.6 Å². The summed E-state index contributed by atoms with van der Waals surface area (Å²) in [6, 6.07) is 0. The molecule has 1 nitrogen and oxygen atoms in total. The van der Waals surface area contributed by atoms with Crippen LogP contribution in [0.2, 0.25) is 0 Å². The van der Waals surface area contributed by atoms with E-state index in [-0.39, 0.29) is 0 Å². The molecule has 61 valence electrons. The third-order valence-corrected chi connectivity index (χ3v) is 1.33.